The van der Waals surface area contributed by atoms with Crippen molar-refractivity contribution in [2.24, 2.45) is 11.8 Å². The normalized spacial score (nSPS) is 19.7. The predicted octanol–water partition coefficient (Wildman–Crippen LogP) is 0.886. The van der Waals surface area contributed by atoms with Gasteiger partial charge in [-0.05, 0) is 31.9 Å². The molecule has 0 saturated carbocycles. The monoisotopic (exact) mass is 427 g/mol. The number of imide groups is 1. The predicted molar refractivity (Wildman–Crippen MR) is 110 cm³/mol. The van der Waals surface area contributed by atoms with Gasteiger partial charge in [0.25, 0.3) is 5.91 Å². The van der Waals surface area contributed by atoms with Crippen molar-refractivity contribution in [2.45, 2.75) is 19.8 Å². The minimum absolute atomic E-state index is 0.219. The molecule has 3 rings (SSSR count). The maximum Gasteiger partial charge on any atom is 0.326 e. The Bertz CT molecular complexity index is 898. The summed E-state index contributed by atoms with van der Waals surface area (Å²) in [4.78, 5) is 63.1. The number of allylic oxidation sites excluding steroid dienone is 2. The van der Waals surface area contributed by atoms with Crippen molar-refractivity contribution in [3.63, 3.8) is 0 Å². The maximum atomic E-state index is 12.4. The summed E-state index contributed by atoms with van der Waals surface area (Å²) in [5.74, 6) is -3.44. The zero-order valence-corrected chi connectivity index (χ0v) is 17.5. The summed E-state index contributed by atoms with van der Waals surface area (Å²) in [5.41, 5.74) is 1.67. The van der Waals surface area contributed by atoms with Crippen molar-refractivity contribution in [2.75, 3.05) is 32.1 Å². The second-order valence-electron chi connectivity index (χ2n) is 7.74. The summed E-state index contributed by atoms with van der Waals surface area (Å²) < 4.78 is 4.93. The summed E-state index contributed by atoms with van der Waals surface area (Å²) in [7, 11) is 1.41. The van der Waals surface area contributed by atoms with E-state index in [-0.39, 0.29) is 18.4 Å². The number of hydrogen-bond acceptors (Lipinski definition) is 6. The highest BCUT2D eigenvalue weighted by molar-refractivity contribution is 6.07. The number of ether oxygens (including phenoxy) is 1. The van der Waals surface area contributed by atoms with Crippen molar-refractivity contribution in [3.05, 3.63) is 42.0 Å². The summed E-state index contributed by atoms with van der Waals surface area (Å²) in [5, 5.41) is 2.67. The van der Waals surface area contributed by atoms with Crippen LogP contribution in [-0.4, -0.2) is 66.1 Å². The SMILES string of the molecule is Cc1ccc(NC(=O)CN(C)C(=O)COC(=O)CN2C(=O)C3CC=CCC3C2=O)cc1. The Morgan fingerprint density at radius 2 is 1.65 bits per heavy atom. The molecular weight excluding hydrogens is 402 g/mol. The molecule has 164 valence electrons. The Hall–Kier alpha value is -3.49. The van der Waals surface area contributed by atoms with E-state index in [1.807, 2.05) is 31.2 Å². The first kappa shape index (κ1) is 22.2. The molecule has 1 saturated heterocycles. The average molecular weight is 427 g/mol. The maximum absolute atomic E-state index is 12.4. The van der Waals surface area contributed by atoms with Crippen molar-refractivity contribution >= 4 is 35.3 Å². The zero-order valence-electron chi connectivity index (χ0n) is 17.5. The van der Waals surface area contributed by atoms with E-state index in [9.17, 15) is 24.0 Å². The van der Waals surface area contributed by atoms with Crippen LogP contribution in [0.1, 0.15) is 18.4 Å². The molecule has 0 radical (unpaired) electrons. The van der Waals surface area contributed by atoms with Crippen LogP contribution in [-0.2, 0) is 28.7 Å². The molecule has 1 heterocycles. The highest BCUT2D eigenvalue weighted by Gasteiger charge is 2.47. The van der Waals surface area contributed by atoms with Crippen molar-refractivity contribution in [1.82, 2.24) is 9.80 Å². The number of nitrogens with zero attached hydrogens (tertiary/aromatic N) is 2. The number of carbonyl (C=O) groups excluding carboxylic acids is 5. The number of hydrogen-bond donors (Lipinski definition) is 1. The van der Waals surface area contributed by atoms with Crippen LogP contribution in [0.5, 0.6) is 0 Å². The molecule has 1 aliphatic heterocycles. The molecule has 9 nitrogen and oxygen atoms in total. The fourth-order valence-corrected chi connectivity index (χ4v) is 3.59. The van der Waals surface area contributed by atoms with Crippen LogP contribution in [0.3, 0.4) is 0 Å². The van der Waals surface area contributed by atoms with E-state index >= 15 is 0 Å². The molecule has 0 aromatic heterocycles. The average Bonchev–Trinajstić information content (AvgIpc) is 2.98. The minimum atomic E-state index is -0.848. The van der Waals surface area contributed by atoms with Crippen LogP contribution in [0, 0.1) is 18.8 Å². The molecule has 9 heteroatoms. The number of benzene rings is 1. The summed E-state index contributed by atoms with van der Waals surface area (Å²) in [6, 6.07) is 7.21. The van der Waals surface area contributed by atoms with Crippen LogP contribution in [0.4, 0.5) is 5.69 Å². The van der Waals surface area contributed by atoms with Gasteiger partial charge < -0.3 is 15.0 Å². The van der Waals surface area contributed by atoms with Gasteiger partial charge in [0.1, 0.15) is 6.54 Å². The van der Waals surface area contributed by atoms with Crippen LogP contribution in [0.15, 0.2) is 36.4 Å². The molecule has 1 N–H and O–H groups in total. The molecule has 4 amide bonds. The molecule has 1 aliphatic carbocycles. The summed E-state index contributed by atoms with van der Waals surface area (Å²) in [6.45, 7) is 0.607. The highest BCUT2D eigenvalue weighted by Crippen LogP contribution is 2.34. The molecule has 1 fully saturated rings. The van der Waals surface area contributed by atoms with Gasteiger partial charge in [-0.25, -0.2) is 0 Å². The minimum Gasteiger partial charge on any atom is -0.454 e. The molecule has 1 aromatic rings. The summed E-state index contributed by atoms with van der Waals surface area (Å²) in [6.07, 6.45) is 4.68. The Morgan fingerprint density at radius 3 is 2.23 bits per heavy atom. The van der Waals surface area contributed by atoms with Crippen LogP contribution >= 0.6 is 0 Å². The van der Waals surface area contributed by atoms with Gasteiger partial charge in [0, 0.05) is 12.7 Å². The van der Waals surface area contributed by atoms with E-state index in [1.54, 1.807) is 12.1 Å². The quantitative estimate of drug-likeness (QED) is 0.393. The Balaban J connectivity index is 1.42. The number of amides is 4. The number of rotatable bonds is 7. The fraction of sp³-hybridized carbons (Fsp3) is 0.409. The smallest absolute Gasteiger partial charge is 0.326 e. The number of fused-ring (bicyclic) bond motifs is 1. The molecule has 31 heavy (non-hydrogen) atoms. The van der Waals surface area contributed by atoms with Gasteiger partial charge >= 0.3 is 5.97 Å². The molecule has 2 aliphatic rings. The van der Waals surface area contributed by atoms with Crippen molar-refractivity contribution in [1.29, 1.82) is 0 Å². The third-order valence-corrected chi connectivity index (χ3v) is 5.38. The largest absolute Gasteiger partial charge is 0.454 e. The van der Waals surface area contributed by atoms with Gasteiger partial charge in [0.05, 0.1) is 18.4 Å². The van der Waals surface area contributed by atoms with Crippen LogP contribution in [0.2, 0.25) is 0 Å². The standard InChI is InChI=1S/C22H25N3O6/c1-14-7-9-15(10-8-14)23-18(26)11-24(2)19(27)13-31-20(28)12-25-21(29)16-5-3-4-6-17(16)22(25)30/h3-4,7-10,16-17H,5-6,11-13H2,1-2H3,(H,23,26). The van der Waals surface area contributed by atoms with Crippen molar-refractivity contribution in [3.8, 4) is 0 Å². The number of nitrogens with one attached hydrogen (secondary N) is 1. The van der Waals surface area contributed by atoms with E-state index in [0.717, 1.165) is 15.4 Å². The molecular formula is C22H25N3O6. The lowest BCUT2D eigenvalue weighted by Gasteiger charge is -2.18. The first-order chi connectivity index (χ1) is 14.8. The Labute approximate surface area is 180 Å². The lowest BCUT2D eigenvalue weighted by atomic mass is 9.85. The number of likely N-dealkylation sites (N-methyl/N-ethyl adjacent to an activating group) is 1. The number of esters is 1. The van der Waals surface area contributed by atoms with Crippen LogP contribution < -0.4 is 5.32 Å². The van der Waals surface area contributed by atoms with Gasteiger partial charge in [0.15, 0.2) is 6.61 Å². The fourth-order valence-electron chi connectivity index (χ4n) is 3.59. The second-order valence-corrected chi connectivity index (χ2v) is 7.74. The first-order valence-corrected chi connectivity index (χ1v) is 10.0. The van der Waals surface area contributed by atoms with E-state index in [1.165, 1.54) is 7.05 Å². The van der Waals surface area contributed by atoms with Gasteiger partial charge in [-0.3, -0.25) is 28.9 Å². The van der Waals surface area contributed by atoms with E-state index in [4.69, 9.17) is 4.74 Å². The number of aryl methyl sites for hydroxylation is 1. The molecule has 2 atom stereocenters. The topological polar surface area (TPSA) is 113 Å². The number of likely N-dealkylation sites (tertiary alicyclic amines) is 1. The summed E-state index contributed by atoms with van der Waals surface area (Å²) >= 11 is 0. The van der Waals surface area contributed by atoms with E-state index in [2.05, 4.69) is 5.32 Å². The third kappa shape index (κ3) is 5.36. The third-order valence-electron chi connectivity index (χ3n) is 5.38. The lowest BCUT2D eigenvalue weighted by molar-refractivity contribution is -0.156. The lowest BCUT2D eigenvalue weighted by Crippen LogP contribution is -2.40. The van der Waals surface area contributed by atoms with Gasteiger partial charge in [-0.1, -0.05) is 29.8 Å². The van der Waals surface area contributed by atoms with Crippen molar-refractivity contribution < 1.29 is 28.7 Å². The number of anilines is 1. The molecule has 0 spiro atoms. The van der Waals surface area contributed by atoms with Gasteiger partial charge in [-0.2, -0.15) is 0 Å². The highest BCUT2D eigenvalue weighted by atomic mass is 16.5. The van der Waals surface area contributed by atoms with Gasteiger partial charge in [-0.15, -0.1) is 0 Å². The molecule has 1 aromatic carbocycles. The van der Waals surface area contributed by atoms with E-state index in [0.29, 0.717) is 18.5 Å². The Kier molecular flexibility index (Phi) is 6.84. The molecule has 2 unspecified atom stereocenters. The zero-order chi connectivity index (χ0) is 22.5. The molecule has 0 bridgehead atoms. The number of carbonyl (C=O) groups is 5. The Morgan fingerprint density at radius 1 is 1.06 bits per heavy atom. The van der Waals surface area contributed by atoms with E-state index < -0.39 is 42.8 Å². The van der Waals surface area contributed by atoms with Crippen LogP contribution in [0.25, 0.3) is 0 Å². The van der Waals surface area contributed by atoms with Gasteiger partial charge in [0.2, 0.25) is 17.7 Å². The second kappa shape index (κ2) is 9.55. The first-order valence-electron chi connectivity index (χ1n) is 10.0.